The summed E-state index contributed by atoms with van der Waals surface area (Å²) in [6.07, 6.45) is 46.8. The van der Waals surface area contributed by atoms with Gasteiger partial charge in [0.25, 0.3) is 0 Å². The van der Waals surface area contributed by atoms with Crippen LogP contribution in [0.15, 0.2) is 109 Å². The number of unbranched alkanes of at least 4 members (excludes halogenated alkanes) is 5. The van der Waals surface area contributed by atoms with Crippen molar-refractivity contribution in [2.75, 3.05) is 26.4 Å². The first-order valence-electron chi connectivity index (χ1n) is 21.0. The van der Waals surface area contributed by atoms with E-state index in [2.05, 4.69) is 67.0 Å². The lowest BCUT2D eigenvalue weighted by Gasteiger charge is -2.20. The molecule has 0 aromatic carbocycles. The monoisotopic (exact) mass is 832 g/mol. The second kappa shape index (κ2) is 40.4. The molecule has 0 radical (unpaired) electrons. The van der Waals surface area contributed by atoms with Crippen molar-refractivity contribution in [3.8, 4) is 0 Å². The molecular weight excluding hydrogens is 759 g/mol. The van der Waals surface area contributed by atoms with E-state index in [9.17, 15) is 29.3 Å². The van der Waals surface area contributed by atoms with Crippen molar-refractivity contribution in [3.05, 3.63) is 109 Å². The Bertz CT molecular complexity index is 1340. The number of hydrogen-bond donors (Lipinski definition) is 4. The van der Waals surface area contributed by atoms with Crippen molar-refractivity contribution in [3.63, 3.8) is 0 Å². The molecule has 11 nitrogen and oxygen atoms in total. The van der Waals surface area contributed by atoms with Gasteiger partial charge in [0.1, 0.15) is 12.7 Å². The first kappa shape index (κ1) is 54.6. The fraction of sp³-hybridized carbons (Fsp3) is 0.565. The minimum absolute atomic E-state index is 0.0325. The van der Waals surface area contributed by atoms with Crippen LogP contribution in [0.2, 0.25) is 0 Å². The number of carbonyl (C=O) groups is 2. The van der Waals surface area contributed by atoms with E-state index in [1.807, 2.05) is 54.7 Å². The molecule has 0 aromatic heterocycles. The summed E-state index contributed by atoms with van der Waals surface area (Å²) in [5, 5.41) is 28.2. The Morgan fingerprint density at radius 2 is 1.12 bits per heavy atom. The number of allylic oxidation sites excluding steroid dienone is 16. The normalized spacial score (nSPS) is 15.5. The van der Waals surface area contributed by atoms with Gasteiger partial charge in [-0.2, -0.15) is 0 Å². The van der Waals surface area contributed by atoms with Gasteiger partial charge in [-0.1, -0.05) is 142 Å². The van der Waals surface area contributed by atoms with E-state index in [1.54, 1.807) is 6.08 Å². The molecule has 328 valence electrons. The van der Waals surface area contributed by atoms with Crippen LogP contribution in [-0.2, 0) is 32.7 Å². The predicted molar refractivity (Wildman–Crippen MR) is 234 cm³/mol. The molecule has 58 heavy (non-hydrogen) atoms. The van der Waals surface area contributed by atoms with E-state index in [4.69, 9.17) is 19.1 Å². The van der Waals surface area contributed by atoms with Gasteiger partial charge in [-0.05, 0) is 77.0 Å². The number of esters is 2. The second-order valence-electron chi connectivity index (χ2n) is 13.4. The highest BCUT2D eigenvalue weighted by Crippen LogP contribution is 2.43. The van der Waals surface area contributed by atoms with Gasteiger partial charge in [0.2, 0.25) is 0 Å². The molecule has 0 rings (SSSR count). The van der Waals surface area contributed by atoms with Crippen molar-refractivity contribution in [2.24, 2.45) is 0 Å². The Kier molecular flexibility index (Phi) is 38.0. The number of phosphoric ester groups is 1. The Morgan fingerprint density at radius 3 is 1.76 bits per heavy atom. The van der Waals surface area contributed by atoms with Crippen LogP contribution in [0.1, 0.15) is 123 Å². The zero-order valence-electron chi connectivity index (χ0n) is 35.1. The van der Waals surface area contributed by atoms with Crippen molar-refractivity contribution in [2.45, 2.75) is 141 Å². The Hall–Kier alpha value is -3.41. The van der Waals surface area contributed by atoms with Crippen molar-refractivity contribution >= 4 is 19.8 Å². The van der Waals surface area contributed by atoms with E-state index in [-0.39, 0.29) is 19.4 Å². The number of hydrogen-bond acceptors (Lipinski definition) is 10. The van der Waals surface area contributed by atoms with Gasteiger partial charge in [-0.25, -0.2) is 4.57 Å². The van der Waals surface area contributed by atoms with Gasteiger partial charge in [0.05, 0.1) is 25.9 Å². The molecule has 0 spiro atoms. The molecule has 4 N–H and O–H groups in total. The zero-order valence-corrected chi connectivity index (χ0v) is 36.0. The van der Waals surface area contributed by atoms with Crippen LogP contribution >= 0.6 is 7.82 Å². The quantitative estimate of drug-likeness (QED) is 0.0155. The fourth-order valence-electron chi connectivity index (χ4n) is 4.82. The third-order valence-electron chi connectivity index (χ3n) is 8.02. The number of carbonyl (C=O) groups excluding carboxylic acids is 2. The highest BCUT2D eigenvalue weighted by atomic mass is 31.2. The molecule has 0 aliphatic heterocycles. The topological polar surface area (TPSA) is 169 Å². The molecule has 0 fully saturated rings. The van der Waals surface area contributed by atoms with E-state index in [0.29, 0.717) is 25.7 Å². The predicted octanol–water partition coefficient (Wildman–Crippen LogP) is 9.97. The highest BCUT2D eigenvalue weighted by Gasteiger charge is 2.27. The molecule has 0 amide bonds. The molecule has 4 atom stereocenters. The van der Waals surface area contributed by atoms with Crippen LogP contribution in [0.5, 0.6) is 0 Å². The molecule has 12 heteroatoms. The third-order valence-corrected chi connectivity index (χ3v) is 8.97. The van der Waals surface area contributed by atoms with E-state index < -0.39 is 57.9 Å². The highest BCUT2D eigenvalue weighted by molar-refractivity contribution is 7.47. The number of phosphoric acid groups is 1. The van der Waals surface area contributed by atoms with Crippen LogP contribution < -0.4 is 0 Å². The van der Waals surface area contributed by atoms with Gasteiger partial charge < -0.3 is 29.7 Å². The maximum atomic E-state index is 12.6. The Morgan fingerprint density at radius 1 is 0.586 bits per heavy atom. The van der Waals surface area contributed by atoms with Gasteiger partial charge in [-0.15, -0.1) is 0 Å². The summed E-state index contributed by atoms with van der Waals surface area (Å²) in [7, 11) is -4.66. The zero-order chi connectivity index (χ0) is 42.8. The molecule has 0 aliphatic carbocycles. The first-order chi connectivity index (χ1) is 28.1. The molecule has 0 aliphatic rings. The van der Waals surface area contributed by atoms with Crippen LogP contribution in [0.25, 0.3) is 0 Å². The summed E-state index contributed by atoms with van der Waals surface area (Å²) in [5.74, 6) is -1.08. The summed E-state index contributed by atoms with van der Waals surface area (Å²) in [5.41, 5.74) is 0. The molecule has 0 saturated heterocycles. The molecular formula is C46H73O11P. The number of rotatable bonds is 37. The summed E-state index contributed by atoms with van der Waals surface area (Å²) < 4.78 is 32.5. The van der Waals surface area contributed by atoms with Crippen molar-refractivity contribution < 1.29 is 52.9 Å². The van der Waals surface area contributed by atoms with Crippen LogP contribution in [0.3, 0.4) is 0 Å². The fourth-order valence-corrected chi connectivity index (χ4v) is 5.61. The summed E-state index contributed by atoms with van der Waals surface area (Å²) >= 11 is 0. The summed E-state index contributed by atoms with van der Waals surface area (Å²) in [4.78, 5) is 34.9. The van der Waals surface area contributed by atoms with Gasteiger partial charge >= 0.3 is 19.8 Å². The lowest BCUT2D eigenvalue weighted by atomic mass is 10.1. The number of aliphatic hydroxyl groups excluding tert-OH is 3. The number of ether oxygens (including phenoxy) is 2. The van der Waals surface area contributed by atoms with Gasteiger partial charge in [-0.3, -0.25) is 18.6 Å². The minimum atomic E-state index is -4.66. The SMILES string of the molecule is CC/C=C\C/C=C\C/C=C\CCCCCCCC(=O)OC[C@H](COP(=O)(O)OC[C@@H](O)CO)OC(=O)CC/C=C\C/C=C\C/C=C\C/C=C/C=C/C(O)C/C=C\CC. The van der Waals surface area contributed by atoms with Gasteiger partial charge in [0, 0.05) is 12.8 Å². The minimum Gasteiger partial charge on any atom is -0.462 e. The van der Waals surface area contributed by atoms with Crippen LogP contribution in [-0.4, -0.2) is 76.9 Å². The van der Waals surface area contributed by atoms with E-state index in [1.165, 1.54) is 0 Å². The lowest BCUT2D eigenvalue weighted by molar-refractivity contribution is -0.161. The van der Waals surface area contributed by atoms with E-state index in [0.717, 1.165) is 70.6 Å². The molecule has 0 bridgehead atoms. The van der Waals surface area contributed by atoms with Crippen LogP contribution in [0, 0.1) is 0 Å². The van der Waals surface area contributed by atoms with Crippen LogP contribution in [0.4, 0.5) is 0 Å². The summed E-state index contributed by atoms with van der Waals surface area (Å²) in [6, 6.07) is 0. The van der Waals surface area contributed by atoms with Crippen molar-refractivity contribution in [1.82, 2.24) is 0 Å². The Labute approximate surface area is 348 Å². The molecule has 0 saturated carbocycles. The Balaban J connectivity index is 4.54. The summed E-state index contributed by atoms with van der Waals surface area (Å²) in [6.45, 7) is 1.91. The van der Waals surface area contributed by atoms with E-state index >= 15 is 0 Å². The first-order valence-corrected chi connectivity index (χ1v) is 22.4. The third kappa shape index (κ3) is 39.4. The largest absolute Gasteiger partial charge is 0.472 e. The van der Waals surface area contributed by atoms with Gasteiger partial charge in [0.15, 0.2) is 6.10 Å². The maximum Gasteiger partial charge on any atom is 0.472 e. The standard InChI is InChI=1S/C46H73O11P/c1-3-5-7-8-9-10-11-12-13-16-19-22-25-28-32-36-45(50)54-40-44(41-56-58(52,53)55-39-43(49)38-47)57-46(51)37-33-29-26-23-20-17-14-15-18-21-24-27-31-35-42(48)34-30-6-4-2/h5-7,9-10,12-13,15,17-18,20,24,26-27,29-31,35,42-44,47-49H,3-4,8,11,14,16,19,21-23,25,28,32-34,36-41H2,1-2H3,(H,52,53)/b7-5-,10-9-,13-12-,18-15-,20-17-,27-24+,29-26-,30-6-,35-31+/t42?,43-,44+/m0/s1. The van der Waals surface area contributed by atoms with Crippen molar-refractivity contribution in [1.29, 1.82) is 0 Å². The molecule has 0 heterocycles. The average molecular weight is 833 g/mol. The lowest BCUT2D eigenvalue weighted by Crippen LogP contribution is -2.29. The average Bonchev–Trinajstić information content (AvgIpc) is 3.20. The maximum absolute atomic E-state index is 12.6. The smallest absolute Gasteiger partial charge is 0.462 e. The second-order valence-corrected chi connectivity index (χ2v) is 14.9. The molecule has 0 aromatic rings. The molecule has 2 unspecified atom stereocenters. The number of aliphatic hydroxyl groups is 3.